The number of likely N-dealkylation sites (tertiary alicyclic amines) is 1. The van der Waals surface area contributed by atoms with Crippen LogP contribution in [-0.4, -0.2) is 39.4 Å². The van der Waals surface area contributed by atoms with Gasteiger partial charge in [-0.25, -0.2) is 4.98 Å². The number of carbonyl (C=O) groups is 1. The molecule has 5 nitrogen and oxygen atoms in total. The van der Waals surface area contributed by atoms with Gasteiger partial charge in [0.15, 0.2) is 0 Å². The molecule has 1 aromatic heterocycles. The number of hydrogen-bond acceptors (Lipinski definition) is 3. The SMILES string of the molecule is C=C1CCN(C(=O)C(N)(CCCc2nc[nH]c2C)C(c2ccccc2)(c2ccccc2)c2ccccc2)CC1. The number of carbonyl (C=O) groups excluding carboxylic acids is 1. The topological polar surface area (TPSA) is 75.0 Å². The van der Waals surface area contributed by atoms with Crippen LogP contribution < -0.4 is 5.73 Å². The van der Waals surface area contributed by atoms with Crippen molar-refractivity contribution in [1.29, 1.82) is 0 Å². The van der Waals surface area contributed by atoms with E-state index >= 15 is 0 Å². The van der Waals surface area contributed by atoms with Crippen molar-refractivity contribution >= 4 is 5.91 Å². The number of nitrogens with zero attached hydrogens (tertiary/aromatic N) is 2. The second-order valence-electron chi connectivity index (χ2n) is 10.7. The lowest BCUT2D eigenvalue weighted by Gasteiger charge is -2.51. The summed E-state index contributed by atoms with van der Waals surface area (Å²) in [6, 6.07) is 31.0. The predicted octanol–water partition coefficient (Wildman–Crippen LogP) is 5.95. The van der Waals surface area contributed by atoms with Crippen molar-refractivity contribution in [1.82, 2.24) is 14.9 Å². The number of aromatic amines is 1. The zero-order chi connectivity index (χ0) is 27.3. The van der Waals surface area contributed by atoms with E-state index in [2.05, 4.69) is 52.9 Å². The molecule has 1 unspecified atom stereocenters. The molecule has 1 aliphatic rings. The number of aromatic nitrogens is 2. The number of rotatable bonds is 9. The molecule has 0 bridgehead atoms. The summed E-state index contributed by atoms with van der Waals surface area (Å²) >= 11 is 0. The lowest BCUT2D eigenvalue weighted by Crippen LogP contribution is -2.68. The van der Waals surface area contributed by atoms with E-state index in [1.807, 2.05) is 66.4 Å². The summed E-state index contributed by atoms with van der Waals surface area (Å²) in [6.45, 7) is 7.49. The third kappa shape index (κ3) is 4.95. The van der Waals surface area contributed by atoms with Gasteiger partial charge in [0.1, 0.15) is 5.54 Å². The highest BCUT2D eigenvalue weighted by Gasteiger charge is 2.57. The van der Waals surface area contributed by atoms with E-state index in [-0.39, 0.29) is 5.91 Å². The molecule has 39 heavy (non-hydrogen) atoms. The van der Waals surface area contributed by atoms with Crippen molar-refractivity contribution in [2.45, 2.75) is 50.0 Å². The molecule has 200 valence electrons. The summed E-state index contributed by atoms with van der Waals surface area (Å²) in [6.07, 6.45) is 5.31. The number of piperidine rings is 1. The van der Waals surface area contributed by atoms with Crippen LogP contribution in [-0.2, 0) is 16.6 Å². The summed E-state index contributed by atoms with van der Waals surface area (Å²) < 4.78 is 0. The van der Waals surface area contributed by atoms with Crippen molar-refractivity contribution in [2.75, 3.05) is 13.1 Å². The standard InChI is InChI=1S/C34H38N4O/c1-26-20-23-38(24-21-26)32(39)33(35,22-12-19-31-27(2)36-25-37-31)34(28-13-6-3-7-14-28,29-15-8-4-9-16-29)30-17-10-5-11-18-30/h3-11,13-18,25H,1,12,19-24,35H2,2H3,(H,36,37). The first-order valence-corrected chi connectivity index (χ1v) is 13.9. The molecule has 1 atom stereocenters. The van der Waals surface area contributed by atoms with Crippen molar-refractivity contribution in [2.24, 2.45) is 5.73 Å². The zero-order valence-electron chi connectivity index (χ0n) is 22.8. The molecule has 5 rings (SSSR count). The Bertz CT molecular complexity index is 1290. The van der Waals surface area contributed by atoms with E-state index in [1.165, 1.54) is 5.57 Å². The van der Waals surface area contributed by atoms with Gasteiger partial charge >= 0.3 is 0 Å². The summed E-state index contributed by atoms with van der Waals surface area (Å²) in [4.78, 5) is 24.6. The maximum atomic E-state index is 14.9. The number of H-pyrrole nitrogens is 1. The number of nitrogens with one attached hydrogen (secondary N) is 1. The molecule has 0 aliphatic carbocycles. The number of nitrogens with two attached hydrogens (primary N) is 1. The Kier molecular flexibility index (Phi) is 7.80. The molecular formula is C34H38N4O. The summed E-state index contributed by atoms with van der Waals surface area (Å²) in [7, 11) is 0. The first-order chi connectivity index (χ1) is 19.0. The van der Waals surface area contributed by atoms with Gasteiger partial charge in [-0.15, -0.1) is 0 Å². The maximum absolute atomic E-state index is 14.9. The molecule has 0 radical (unpaired) electrons. The molecule has 0 spiro atoms. The Labute approximate surface area is 231 Å². The van der Waals surface area contributed by atoms with Crippen LogP contribution in [0.5, 0.6) is 0 Å². The zero-order valence-corrected chi connectivity index (χ0v) is 22.8. The third-order valence-corrected chi connectivity index (χ3v) is 8.35. The molecule has 4 aromatic rings. The Morgan fingerprint density at radius 1 is 0.897 bits per heavy atom. The maximum Gasteiger partial charge on any atom is 0.244 e. The average molecular weight is 519 g/mol. The molecule has 5 heteroatoms. The average Bonchev–Trinajstić information content (AvgIpc) is 3.39. The Hall–Kier alpha value is -3.96. The normalized spacial score (nSPS) is 15.6. The van der Waals surface area contributed by atoms with Crippen molar-refractivity contribution in [3.63, 3.8) is 0 Å². The van der Waals surface area contributed by atoms with E-state index in [1.54, 1.807) is 6.33 Å². The van der Waals surface area contributed by atoms with Gasteiger partial charge in [0.2, 0.25) is 5.91 Å². The first-order valence-electron chi connectivity index (χ1n) is 13.9. The van der Waals surface area contributed by atoms with Crippen molar-refractivity contribution in [3.05, 3.63) is 138 Å². The van der Waals surface area contributed by atoms with E-state index < -0.39 is 11.0 Å². The molecular weight excluding hydrogens is 480 g/mol. The van der Waals surface area contributed by atoms with Crippen LogP contribution in [0.25, 0.3) is 0 Å². The van der Waals surface area contributed by atoms with E-state index in [4.69, 9.17) is 5.73 Å². The highest BCUT2D eigenvalue weighted by Crippen LogP contribution is 2.49. The van der Waals surface area contributed by atoms with Crippen LogP contribution in [0.4, 0.5) is 0 Å². The van der Waals surface area contributed by atoms with Gasteiger partial charge in [-0.1, -0.05) is 103 Å². The van der Waals surface area contributed by atoms with Gasteiger partial charge in [0.25, 0.3) is 0 Å². The second-order valence-corrected chi connectivity index (χ2v) is 10.7. The number of aryl methyl sites for hydroxylation is 2. The van der Waals surface area contributed by atoms with Crippen molar-refractivity contribution < 1.29 is 4.79 Å². The van der Waals surface area contributed by atoms with Crippen LogP contribution in [0, 0.1) is 6.92 Å². The number of imidazole rings is 1. The van der Waals surface area contributed by atoms with Gasteiger partial charge < -0.3 is 15.6 Å². The predicted molar refractivity (Wildman–Crippen MR) is 157 cm³/mol. The lowest BCUT2D eigenvalue weighted by molar-refractivity contribution is -0.139. The third-order valence-electron chi connectivity index (χ3n) is 8.35. The van der Waals surface area contributed by atoms with Gasteiger partial charge in [-0.3, -0.25) is 4.79 Å². The van der Waals surface area contributed by atoms with Gasteiger partial charge in [0, 0.05) is 18.8 Å². The fraction of sp³-hybridized carbons (Fsp3) is 0.294. The number of amides is 1. The van der Waals surface area contributed by atoms with Crippen molar-refractivity contribution in [3.8, 4) is 0 Å². The molecule has 3 N–H and O–H groups in total. The van der Waals surface area contributed by atoms with Crippen LogP contribution >= 0.6 is 0 Å². The van der Waals surface area contributed by atoms with E-state index in [0.29, 0.717) is 19.5 Å². The van der Waals surface area contributed by atoms with Crippen LogP contribution in [0.3, 0.4) is 0 Å². The quantitative estimate of drug-likeness (QED) is 0.212. The van der Waals surface area contributed by atoms with Gasteiger partial charge in [0.05, 0.1) is 17.4 Å². The molecule has 2 heterocycles. The summed E-state index contributed by atoms with van der Waals surface area (Å²) in [5.74, 6) is -0.00897. The molecule has 1 saturated heterocycles. The fourth-order valence-electron chi connectivity index (χ4n) is 6.27. The van der Waals surface area contributed by atoms with Crippen LogP contribution in [0.1, 0.15) is 53.8 Å². The summed E-state index contributed by atoms with van der Waals surface area (Å²) in [5.41, 5.74) is 11.8. The Morgan fingerprint density at radius 3 is 1.82 bits per heavy atom. The Morgan fingerprint density at radius 2 is 1.38 bits per heavy atom. The van der Waals surface area contributed by atoms with Crippen LogP contribution in [0.2, 0.25) is 0 Å². The van der Waals surface area contributed by atoms with E-state index in [9.17, 15) is 4.79 Å². The number of hydrogen-bond donors (Lipinski definition) is 2. The lowest BCUT2D eigenvalue weighted by atomic mass is 9.56. The van der Waals surface area contributed by atoms with Crippen LogP contribution in [0.15, 0.2) is 109 Å². The summed E-state index contributed by atoms with van der Waals surface area (Å²) in [5, 5.41) is 0. The largest absolute Gasteiger partial charge is 0.348 e. The highest BCUT2D eigenvalue weighted by atomic mass is 16.2. The monoisotopic (exact) mass is 518 g/mol. The van der Waals surface area contributed by atoms with Gasteiger partial charge in [-0.05, 0) is 55.7 Å². The number of benzene rings is 3. The minimum Gasteiger partial charge on any atom is -0.348 e. The molecule has 1 amide bonds. The smallest absolute Gasteiger partial charge is 0.244 e. The molecule has 3 aromatic carbocycles. The highest BCUT2D eigenvalue weighted by molar-refractivity contribution is 5.91. The second kappa shape index (κ2) is 11.4. The first kappa shape index (κ1) is 26.6. The van der Waals surface area contributed by atoms with Gasteiger partial charge in [-0.2, -0.15) is 0 Å². The van der Waals surface area contributed by atoms with E-state index in [0.717, 1.165) is 53.8 Å². The Balaban J connectivity index is 1.72. The minimum atomic E-state index is -1.26. The fourth-order valence-corrected chi connectivity index (χ4v) is 6.27. The molecule has 0 saturated carbocycles. The molecule has 1 aliphatic heterocycles. The minimum absolute atomic E-state index is 0.00897. The molecule has 1 fully saturated rings.